The number of allylic oxidation sites excluding steroid dienone is 1. The number of nitrogens with zero attached hydrogens (tertiary/aromatic N) is 1. The SMILES string of the molecule is COC(OC)C1CCN(c2ccc(C3=C(c4cc(F)c(C)cc4F)CC(F)(F)c4cc(OCc5ccccc5)ccc43)cc2)CC1. The van der Waals surface area contributed by atoms with Crippen LogP contribution in [0.15, 0.2) is 84.9 Å². The van der Waals surface area contributed by atoms with Crippen LogP contribution < -0.4 is 9.64 Å². The van der Waals surface area contributed by atoms with Crippen molar-refractivity contribution in [2.24, 2.45) is 5.92 Å². The van der Waals surface area contributed by atoms with Crippen molar-refractivity contribution in [2.45, 2.75) is 45.0 Å². The molecule has 0 N–H and O–H groups in total. The predicted octanol–water partition coefficient (Wildman–Crippen LogP) is 9.14. The van der Waals surface area contributed by atoms with Crippen LogP contribution in [-0.4, -0.2) is 33.6 Å². The second-order valence-electron chi connectivity index (χ2n) is 12.0. The number of rotatable bonds is 9. The van der Waals surface area contributed by atoms with Crippen molar-refractivity contribution in [3.8, 4) is 5.75 Å². The second kappa shape index (κ2) is 13.3. The van der Waals surface area contributed by atoms with E-state index < -0.39 is 24.0 Å². The zero-order valence-electron chi connectivity index (χ0n) is 26.2. The van der Waals surface area contributed by atoms with Crippen molar-refractivity contribution in [1.82, 2.24) is 0 Å². The fourth-order valence-electron chi connectivity index (χ4n) is 6.63. The van der Waals surface area contributed by atoms with Crippen molar-refractivity contribution in [3.63, 3.8) is 0 Å². The van der Waals surface area contributed by atoms with Crippen LogP contribution in [0.4, 0.5) is 23.2 Å². The highest BCUT2D eigenvalue weighted by Crippen LogP contribution is 2.51. The molecular weight excluding hydrogens is 594 g/mol. The maximum absolute atomic E-state index is 16.0. The minimum Gasteiger partial charge on any atom is -0.489 e. The largest absolute Gasteiger partial charge is 0.489 e. The first-order valence-electron chi connectivity index (χ1n) is 15.5. The zero-order chi connectivity index (χ0) is 32.4. The molecule has 4 nitrogen and oxygen atoms in total. The van der Waals surface area contributed by atoms with E-state index in [9.17, 15) is 4.39 Å². The fraction of sp³-hybridized carbons (Fsp3) is 0.316. The van der Waals surface area contributed by atoms with Gasteiger partial charge in [0.15, 0.2) is 6.29 Å². The van der Waals surface area contributed by atoms with Gasteiger partial charge < -0.3 is 19.1 Å². The molecule has 240 valence electrons. The molecule has 0 aromatic heterocycles. The van der Waals surface area contributed by atoms with Gasteiger partial charge in [0.05, 0.1) is 0 Å². The number of benzene rings is 4. The quantitative estimate of drug-likeness (QED) is 0.136. The Morgan fingerprint density at radius 1 is 0.826 bits per heavy atom. The van der Waals surface area contributed by atoms with Crippen LogP contribution in [0.3, 0.4) is 0 Å². The molecule has 1 heterocycles. The summed E-state index contributed by atoms with van der Waals surface area (Å²) in [7, 11) is 3.30. The minimum absolute atomic E-state index is 0.0607. The molecule has 0 unspecified atom stereocenters. The lowest BCUT2D eigenvalue weighted by Gasteiger charge is -2.36. The molecule has 0 amide bonds. The molecule has 1 saturated heterocycles. The van der Waals surface area contributed by atoms with Crippen LogP contribution in [-0.2, 0) is 22.0 Å². The Bertz CT molecular complexity index is 1710. The standard InChI is InChI=1S/C38H37F4NO3/c1-24-19-35(40)31(21-34(24)39)32-22-38(41,42)33-20-29(46-23-25-7-5-4-6-8-25)13-14-30(33)36(32)26-9-11-28(12-10-26)43-17-15-27(16-18-43)37(44-2)45-3/h4-14,19-21,27,37H,15-18,22-23H2,1-3H3. The van der Waals surface area contributed by atoms with Gasteiger partial charge in [-0.1, -0.05) is 48.5 Å². The number of anilines is 1. The number of piperidine rings is 1. The Labute approximate surface area is 267 Å². The van der Waals surface area contributed by atoms with Gasteiger partial charge >= 0.3 is 0 Å². The molecule has 1 aliphatic heterocycles. The van der Waals surface area contributed by atoms with Gasteiger partial charge in [-0.25, -0.2) is 17.6 Å². The van der Waals surface area contributed by atoms with Crippen LogP contribution in [0, 0.1) is 24.5 Å². The molecule has 1 aliphatic carbocycles. The highest BCUT2D eigenvalue weighted by atomic mass is 19.3. The van der Waals surface area contributed by atoms with Crippen molar-refractivity contribution < 1.29 is 31.8 Å². The molecule has 6 rings (SSSR count). The Hall–Kier alpha value is -4.14. The van der Waals surface area contributed by atoms with Gasteiger partial charge in [-0.3, -0.25) is 0 Å². The van der Waals surface area contributed by atoms with Crippen molar-refractivity contribution >= 4 is 16.8 Å². The van der Waals surface area contributed by atoms with Crippen LogP contribution >= 0.6 is 0 Å². The van der Waals surface area contributed by atoms with Crippen LogP contribution in [0.1, 0.15) is 52.6 Å². The van der Waals surface area contributed by atoms with E-state index in [1.54, 1.807) is 26.4 Å². The van der Waals surface area contributed by atoms with E-state index in [0.717, 1.165) is 49.3 Å². The molecule has 1 fully saturated rings. The Balaban J connectivity index is 1.38. The summed E-state index contributed by atoms with van der Waals surface area (Å²) in [5, 5.41) is 0. The topological polar surface area (TPSA) is 30.9 Å². The third-order valence-electron chi connectivity index (χ3n) is 9.09. The zero-order valence-corrected chi connectivity index (χ0v) is 26.2. The summed E-state index contributed by atoms with van der Waals surface area (Å²) in [5.41, 5.74) is 3.06. The Morgan fingerprint density at radius 2 is 1.52 bits per heavy atom. The van der Waals surface area contributed by atoms with Crippen LogP contribution in [0.25, 0.3) is 11.1 Å². The van der Waals surface area contributed by atoms with Gasteiger partial charge in [0.25, 0.3) is 5.92 Å². The summed E-state index contributed by atoms with van der Waals surface area (Å²) in [6.45, 7) is 3.31. The van der Waals surface area contributed by atoms with E-state index in [0.29, 0.717) is 22.8 Å². The number of fused-ring (bicyclic) bond motifs is 1. The molecule has 8 heteroatoms. The van der Waals surface area contributed by atoms with Crippen molar-refractivity contribution in [2.75, 3.05) is 32.2 Å². The number of ether oxygens (including phenoxy) is 3. The number of aryl methyl sites for hydroxylation is 1. The summed E-state index contributed by atoms with van der Waals surface area (Å²) < 4.78 is 79.0. The van der Waals surface area contributed by atoms with E-state index in [1.165, 1.54) is 13.0 Å². The molecular formula is C38H37F4NO3. The number of alkyl halides is 2. The molecule has 0 bridgehead atoms. The average molecular weight is 632 g/mol. The smallest absolute Gasteiger partial charge is 0.278 e. The first-order valence-corrected chi connectivity index (χ1v) is 15.5. The highest BCUT2D eigenvalue weighted by Gasteiger charge is 2.42. The summed E-state index contributed by atoms with van der Waals surface area (Å²) in [5.74, 6) is -4.13. The van der Waals surface area contributed by atoms with E-state index >= 15 is 13.2 Å². The maximum atomic E-state index is 16.0. The molecule has 4 aromatic rings. The molecule has 0 spiro atoms. The van der Waals surface area contributed by atoms with Crippen LogP contribution in [0.2, 0.25) is 0 Å². The Kier molecular flexibility index (Phi) is 9.20. The van der Waals surface area contributed by atoms with Gasteiger partial charge in [-0.05, 0) is 89.6 Å². The lowest BCUT2D eigenvalue weighted by atomic mass is 9.77. The van der Waals surface area contributed by atoms with Crippen molar-refractivity contribution in [1.29, 1.82) is 0 Å². The summed E-state index contributed by atoms with van der Waals surface area (Å²) >= 11 is 0. The number of methoxy groups -OCH3 is 2. The molecule has 4 aromatic carbocycles. The first-order chi connectivity index (χ1) is 22.2. The van der Waals surface area contributed by atoms with Gasteiger partial charge in [0.1, 0.15) is 24.0 Å². The lowest BCUT2D eigenvalue weighted by molar-refractivity contribution is -0.141. The molecule has 0 radical (unpaired) electrons. The average Bonchev–Trinajstić information content (AvgIpc) is 3.07. The highest BCUT2D eigenvalue weighted by molar-refractivity contribution is 6.01. The number of hydrogen-bond acceptors (Lipinski definition) is 4. The summed E-state index contributed by atoms with van der Waals surface area (Å²) in [6.07, 6.45) is 0.778. The van der Waals surface area contributed by atoms with E-state index in [2.05, 4.69) is 4.90 Å². The summed E-state index contributed by atoms with van der Waals surface area (Å²) in [4.78, 5) is 2.27. The van der Waals surface area contributed by atoms with Gasteiger partial charge in [0, 0.05) is 56.5 Å². The van der Waals surface area contributed by atoms with Gasteiger partial charge in [0.2, 0.25) is 0 Å². The van der Waals surface area contributed by atoms with Crippen LogP contribution in [0.5, 0.6) is 5.75 Å². The van der Waals surface area contributed by atoms with Crippen molar-refractivity contribution in [3.05, 3.63) is 130 Å². The van der Waals surface area contributed by atoms with Gasteiger partial charge in [-0.2, -0.15) is 0 Å². The Morgan fingerprint density at radius 3 is 2.20 bits per heavy atom. The molecule has 0 saturated carbocycles. The number of hydrogen-bond donors (Lipinski definition) is 0. The maximum Gasteiger partial charge on any atom is 0.278 e. The number of halogens is 4. The van der Waals surface area contributed by atoms with E-state index in [-0.39, 0.29) is 40.7 Å². The molecule has 46 heavy (non-hydrogen) atoms. The van der Waals surface area contributed by atoms with E-state index in [4.69, 9.17) is 14.2 Å². The normalized spacial score (nSPS) is 16.6. The molecule has 2 aliphatic rings. The molecule has 0 atom stereocenters. The third kappa shape index (κ3) is 6.42. The first kappa shape index (κ1) is 31.8. The second-order valence-corrected chi connectivity index (χ2v) is 12.0. The minimum atomic E-state index is -3.35. The lowest BCUT2D eigenvalue weighted by Crippen LogP contribution is -2.39. The monoisotopic (exact) mass is 631 g/mol. The summed E-state index contributed by atoms with van der Waals surface area (Å²) in [6, 6.07) is 23.8. The van der Waals surface area contributed by atoms with Gasteiger partial charge in [-0.15, -0.1) is 0 Å². The fourth-order valence-corrected chi connectivity index (χ4v) is 6.63. The third-order valence-corrected chi connectivity index (χ3v) is 9.09. The predicted molar refractivity (Wildman–Crippen MR) is 172 cm³/mol. The van der Waals surface area contributed by atoms with E-state index in [1.807, 2.05) is 54.6 Å².